The lowest BCUT2D eigenvalue weighted by atomic mass is 9.84. The standard InChI is InChI=1S/C25H19F3N4O4S/c26-25(27,28)22-19(6-3-13-30-22)24(34)14-32(15-24)23(33)17-8-10-18(11-9-17)31-37(35,36)20-7-1-4-16-5-2-12-29-21(16)20/h1-13,31,34H,14-15H2. The number of benzene rings is 2. The second-order valence-electron chi connectivity index (χ2n) is 8.60. The molecular formula is C25H19F3N4O4S. The van der Waals surface area contributed by atoms with Gasteiger partial charge in [0.25, 0.3) is 15.9 Å². The number of rotatable bonds is 5. The van der Waals surface area contributed by atoms with Crippen LogP contribution in [0, 0.1) is 0 Å². The molecule has 8 nitrogen and oxygen atoms in total. The van der Waals surface area contributed by atoms with Crippen molar-refractivity contribution in [2.24, 2.45) is 0 Å². The van der Waals surface area contributed by atoms with Gasteiger partial charge < -0.3 is 10.0 Å². The van der Waals surface area contributed by atoms with E-state index in [-0.39, 0.29) is 34.8 Å². The minimum atomic E-state index is -4.75. The number of aromatic nitrogens is 2. The van der Waals surface area contributed by atoms with E-state index < -0.39 is 33.4 Å². The first kappa shape index (κ1) is 24.7. The first-order chi connectivity index (χ1) is 17.5. The maximum absolute atomic E-state index is 13.3. The fourth-order valence-electron chi connectivity index (χ4n) is 4.27. The number of halogens is 3. The first-order valence-electron chi connectivity index (χ1n) is 11.0. The van der Waals surface area contributed by atoms with Crippen molar-refractivity contribution < 1.29 is 31.5 Å². The number of hydrogen-bond acceptors (Lipinski definition) is 6. The summed E-state index contributed by atoms with van der Waals surface area (Å²) in [5.74, 6) is -0.519. The molecule has 190 valence electrons. The van der Waals surface area contributed by atoms with E-state index in [1.807, 2.05) is 0 Å². The van der Waals surface area contributed by atoms with E-state index in [9.17, 15) is 31.5 Å². The molecule has 0 bridgehead atoms. The van der Waals surface area contributed by atoms with E-state index in [2.05, 4.69) is 14.7 Å². The van der Waals surface area contributed by atoms with Crippen molar-refractivity contribution in [2.45, 2.75) is 16.7 Å². The Labute approximate surface area is 209 Å². The highest BCUT2D eigenvalue weighted by molar-refractivity contribution is 7.93. The highest BCUT2D eigenvalue weighted by atomic mass is 32.2. The van der Waals surface area contributed by atoms with Crippen LogP contribution in [-0.4, -0.2) is 47.4 Å². The Bertz CT molecular complexity index is 1600. The monoisotopic (exact) mass is 528 g/mol. The van der Waals surface area contributed by atoms with Gasteiger partial charge in [0, 0.05) is 34.6 Å². The van der Waals surface area contributed by atoms with Gasteiger partial charge >= 0.3 is 6.18 Å². The Kier molecular flexibility index (Phi) is 5.88. The molecule has 0 atom stereocenters. The van der Waals surface area contributed by atoms with Crippen LogP contribution >= 0.6 is 0 Å². The summed E-state index contributed by atoms with van der Waals surface area (Å²) in [4.78, 5) is 21.5. The Balaban J connectivity index is 1.30. The predicted octanol–water partition coefficient (Wildman–Crippen LogP) is 3.79. The molecule has 2 aromatic carbocycles. The summed E-state index contributed by atoms with van der Waals surface area (Å²) in [6.07, 6.45) is -2.26. The SMILES string of the molecule is O=C(c1ccc(NS(=O)(=O)c2cccc3cccnc23)cc1)N1CC(O)(c2cccnc2C(F)(F)F)C1. The van der Waals surface area contributed by atoms with Gasteiger partial charge in [-0.3, -0.25) is 19.5 Å². The molecule has 2 aromatic heterocycles. The van der Waals surface area contributed by atoms with Crippen LogP contribution in [0.4, 0.5) is 18.9 Å². The number of pyridine rings is 2. The molecular weight excluding hydrogens is 509 g/mol. The molecule has 37 heavy (non-hydrogen) atoms. The Morgan fingerprint density at radius 1 is 0.946 bits per heavy atom. The van der Waals surface area contributed by atoms with E-state index in [1.165, 1.54) is 47.5 Å². The van der Waals surface area contributed by atoms with Gasteiger partial charge in [-0.2, -0.15) is 13.2 Å². The van der Waals surface area contributed by atoms with Crippen LogP contribution < -0.4 is 4.72 Å². The Morgan fingerprint density at radius 3 is 2.30 bits per heavy atom. The molecule has 1 fully saturated rings. The number of amides is 1. The number of nitrogens with one attached hydrogen (secondary N) is 1. The number of nitrogens with zero attached hydrogens (tertiary/aromatic N) is 3. The highest BCUT2D eigenvalue weighted by Gasteiger charge is 2.50. The van der Waals surface area contributed by atoms with Crippen LogP contribution in [0.5, 0.6) is 0 Å². The summed E-state index contributed by atoms with van der Waals surface area (Å²) in [5, 5.41) is 11.4. The molecule has 1 aliphatic heterocycles. The summed E-state index contributed by atoms with van der Waals surface area (Å²) in [6.45, 7) is -0.688. The zero-order valence-corrected chi connectivity index (χ0v) is 19.8. The average molecular weight is 529 g/mol. The van der Waals surface area contributed by atoms with Gasteiger partial charge in [-0.25, -0.2) is 8.42 Å². The van der Waals surface area contributed by atoms with Gasteiger partial charge in [-0.05, 0) is 42.5 Å². The lowest BCUT2D eigenvalue weighted by Crippen LogP contribution is -2.61. The van der Waals surface area contributed by atoms with Gasteiger partial charge in [-0.15, -0.1) is 0 Å². The fourth-order valence-corrected chi connectivity index (χ4v) is 5.51. The maximum atomic E-state index is 13.3. The van der Waals surface area contributed by atoms with Crippen LogP contribution in [0.3, 0.4) is 0 Å². The summed E-state index contributed by atoms with van der Waals surface area (Å²) in [5.41, 5.74) is -2.76. The Hall–Kier alpha value is -4.03. The average Bonchev–Trinajstić information content (AvgIpc) is 2.86. The molecule has 1 amide bonds. The number of sulfonamides is 1. The zero-order chi connectivity index (χ0) is 26.4. The van der Waals surface area contributed by atoms with Gasteiger partial charge in [0.15, 0.2) is 5.69 Å². The lowest BCUT2D eigenvalue weighted by molar-refractivity contribution is -0.149. The van der Waals surface area contributed by atoms with Crippen molar-refractivity contribution in [3.63, 3.8) is 0 Å². The van der Waals surface area contributed by atoms with Crippen LogP contribution in [0.25, 0.3) is 10.9 Å². The topological polar surface area (TPSA) is 112 Å². The van der Waals surface area contributed by atoms with Crippen molar-refractivity contribution in [3.8, 4) is 0 Å². The van der Waals surface area contributed by atoms with Crippen LogP contribution in [0.1, 0.15) is 21.6 Å². The molecule has 0 saturated carbocycles. The molecule has 12 heteroatoms. The number of alkyl halides is 3. The molecule has 1 aliphatic rings. The van der Waals surface area contributed by atoms with E-state index >= 15 is 0 Å². The van der Waals surface area contributed by atoms with Crippen molar-refractivity contribution in [1.82, 2.24) is 14.9 Å². The molecule has 1 saturated heterocycles. The highest BCUT2D eigenvalue weighted by Crippen LogP contribution is 2.40. The molecule has 0 spiro atoms. The van der Waals surface area contributed by atoms with Crippen LogP contribution in [0.15, 0.2) is 84.0 Å². The zero-order valence-electron chi connectivity index (χ0n) is 19.0. The maximum Gasteiger partial charge on any atom is 0.433 e. The van der Waals surface area contributed by atoms with Crippen molar-refractivity contribution in [3.05, 3.63) is 95.9 Å². The van der Waals surface area contributed by atoms with E-state index in [4.69, 9.17) is 0 Å². The quantitative estimate of drug-likeness (QED) is 0.408. The van der Waals surface area contributed by atoms with E-state index in [0.717, 1.165) is 12.3 Å². The van der Waals surface area contributed by atoms with Gasteiger partial charge in [0.05, 0.1) is 18.6 Å². The third-order valence-electron chi connectivity index (χ3n) is 6.04. The number of carbonyl (C=O) groups is 1. The van der Waals surface area contributed by atoms with Crippen LogP contribution in [0.2, 0.25) is 0 Å². The van der Waals surface area contributed by atoms with Crippen molar-refractivity contribution >= 4 is 32.5 Å². The molecule has 0 unspecified atom stereocenters. The molecule has 0 radical (unpaired) electrons. The Morgan fingerprint density at radius 2 is 1.59 bits per heavy atom. The number of β-amino-alcohol motifs (C(OH)–C–C–N with tert-alkyl or cyclic N) is 1. The lowest BCUT2D eigenvalue weighted by Gasteiger charge is -2.47. The third kappa shape index (κ3) is 4.60. The number of fused-ring (bicyclic) bond motifs is 1. The molecule has 2 N–H and O–H groups in total. The van der Waals surface area contributed by atoms with Crippen molar-refractivity contribution in [1.29, 1.82) is 0 Å². The van der Waals surface area contributed by atoms with E-state index in [0.29, 0.717) is 10.9 Å². The normalized spacial score (nSPS) is 15.3. The summed E-state index contributed by atoms with van der Waals surface area (Å²) in [7, 11) is -3.98. The fraction of sp³-hybridized carbons (Fsp3) is 0.160. The summed E-state index contributed by atoms with van der Waals surface area (Å²) >= 11 is 0. The second-order valence-corrected chi connectivity index (χ2v) is 10.3. The largest absolute Gasteiger partial charge is 0.433 e. The molecule has 0 aliphatic carbocycles. The molecule has 4 aromatic rings. The second kappa shape index (κ2) is 8.82. The number of aliphatic hydroxyl groups is 1. The predicted molar refractivity (Wildman–Crippen MR) is 128 cm³/mol. The summed E-state index contributed by atoms with van der Waals surface area (Å²) in [6, 6.07) is 16.3. The first-order valence-corrected chi connectivity index (χ1v) is 12.5. The smallest absolute Gasteiger partial charge is 0.381 e. The van der Waals surface area contributed by atoms with Gasteiger partial charge in [0.2, 0.25) is 0 Å². The van der Waals surface area contributed by atoms with Gasteiger partial charge in [-0.1, -0.05) is 24.3 Å². The summed E-state index contributed by atoms with van der Waals surface area (Å²) < 4.78 is 68.3. The minimum Gasteiger partial charge on any atom is -0.381 e. The van der Waals surface area contributed by atoms with Crippen LogP contribution in [-0.2, 0) is 21.8 Å². The van der Waals surface area contributed by atoms with Crippen molar-refractivity contribution in [2.75, 3.05) is 17.8 Å². The minimum absolute atomic E-state index is 0.000699. The van der Waals surface area contributed by atoms with E-state index in [1.54, 1.807) is 24.3 Å². The molecule has 5 rings (SSSR count). The number of hydrogen-bond donors (Lipinski definition) is 2. The number of carbonyl (C=O) groups excluding carboxylic acids is 1. The third-order valence-corrected chi connectivity index (χ3v) is 7.45. The molecule has 3 heterocycles. The van der Waals surface area contributed by atoms with Gasteiger partial charge in [0.1, 0.15) is 10.5 Å². The number of para-hydroxylation sites is 1. The number of anilines is 1. The number of likely N-dealkylation sites (tertiary alicyclic amines) is 1.